The molecular weight excluding hydrogens is 224 g/mol. The fraction of sp³-hybridized carbons (Fsp3) is 1.00. The molecule has 2 heterocycles. The van der Waals surface area contributed by atoms with Crippen LogP contribution in [0.1, 0.15) is 51.4 Å². The molecule has 0 radical (unpaired) electrons. The Kier molecular flexibility index (Phi) is 3.92. The molecule has 104 valence electrons. The van der Waals surface area contributed by atoms with Gasteiger partial charge in [-0.2, -0.15) is 0 Å². The summed E-state index contributed by atoms with van der Waals surface area (Å²) in [5, 5.41) is 3.90. The zero-order chi connectivity index (χ0) is 12.4. The molecule has 3 fully saturated rings. The van der Waals surface area contributed by atoms with Gasteiger partial charge in [0.1, 0.15) is 0 Å². The van der Waals surface area contributed by atoms with Gasteiger partial charge in [-0.25, -0.2) is 0 Å². The second-order valence-electron chi connectivity index (χ2n) is 6.70. The van der Waals surface area contributed by atoms with E-state index in [1.807, 2.05) is 0 Å². The van der Waals surface area contributed by atoms with E-state index < -0.39 is 0 Å². The van der Waals surface area contributed by atoms with Gasteiger partial charge in [-0.05, 0) is 45.7 Å². The molecule has 2 saturated heterocycles. The Morgan fingerprint density at radius 1 is 1.11 bits per heavy atom. The van der Waals surface area contributed by atoms with Crippen LogP contribution < -0.4 is 5.32 Å². The molecule has 2 aliphatic heterocycles. The minimum atomic E-state index is 0.249. The molecule has 1 spiro atoms. The molecule has 1 aliphatic carbocycles. The summed E-state index contributed by atoms with van der Waals surface area (Å²) < 4.78 is 6.17. The summed E-state index contributed by atoms with van der Waals surface area (Å²) in [6, 6.07) is 1.42. The van der Waals surface area contributed by atoms with E-state index in [2.05, 4.69) is 17.3 Å². The van der Waals surface area contributed by atoms with Crippen molar-refractivity contribution in [1.29, 1.82) is 0 Å². The predicted octanol–water partition coefficient (Wildman–Crippen LogP) is 2.16. The number of hydrogen-bond donors (Lipinski definition) is 1. The highest BCUT2D eigenvalue weighted by Gasteiger charge is 2.39. The Balaban J connectivity index is 1.53. The first-order valence-corrected chi connectivity index (χ1v) is 7.84. The molecule has 18 heavy (non-hydrogen) atoms. The third-order valence-corrected chi connectivity index (χ3v) is 5.12. The standard InChI is InChI=1S/C15H28N2O/c1-17-9-5-14(12-17)16-13-6-10-18-15(11-13)7-3-2-4-8-15/h13-14,16H,2-12H2,1H3. The molecule has 1 saturated carbocycles. The van der Waals surface area contributed by atoms with Crippen LogP contribution in [0.15, 0.2) is 0 Å². The Morgan fingerprint density at radius 3 is 2.67 bits per heavy atom. The van der Waals surface area contributed by atoms with Gasteiger partial charge in [-0.1, -0.05) is 19.3 Å². The molecule has 3 aliphatic rings. The third-order valence-electron chi connectivity index (χ3n) is 5.12. The quantitative estimate of drug-likeness (QED) is 0.815. The van der Waals surface area contributed by atoms with Gasteiger partial charge in [0, 0.05) is 25.2 Å². The van der Waals surface area contributed by atoms with Crippen LogP contribution in [0.3, 0.4) is 0 Å². The SMILES string of the molecule is CN1CCC(NC2CCOC3(CCCCC3)C2)C1. The van der Waals surface area contributed by atoms with Gasteiger partial charge in [0.25, 0.3) is 0 Å². The summed E-state index contributed by atoms with van der Waals surface area (Å²) in [7, 11) is 2.23. The summed E-state index contributed by atoms with van der Waals surface area (Å²) in [5.41, 5.74) is 0.249. The molecule has 2 atom stereocenters. The molecular formula is C15H28N2O. The van der Waals surface area contributed by atoms with E-state index in [9.17, 15) is 0 Å². The van der Waals surface area contributed by atoms with Crippen LogP contribution in [0.25, 0.3) is 0 Å². The van der Waals surface area contributed by atoms with Crippen LogP contribution in [0, 0.1) is 0 Å². The van der Waals surface area contributed by atoms with E-state index >= 15 is 0 Å². The normalized spacial score (nSPS) is 37.2. The van der Waals surface area contributed by atoms with Crippen molar-refractivity contribution in [2.45, 2.75) is 69.1 Å². The molecule has 3 heteroatoms. The lowest BCUT2D eigenvalue weighted by atomic mass is 9.78. The number of likely N-dealkylation sites (tertiary alicyclic amines) is 1. The molecule has 3 nitrogen and oxygen atoms in total. The summed E-state index contributed by atoms with van der Waals surface area (Å²) >= 11 is 0. The Hall–Kier alpha value is -0.120. The van der Waals surface area contributed by atoms with E-state index in [4.69, 9.17) is 4.74 Å². The van der Waals surface area contributed by atoms with Crippen molar-refractivity contribution in [3.63, 3.8) is 0 Å². The minimum absolute atomic E-state index is 0.249. The van der Waals surface area contributed by atoms with Crippen molar-refractivity contribution in [3.8, 4) is 0 Å². The molecule has 0 aromatic carbocycles. The van der Waals surface area contributed by atoms with Gasteiger partial charge in [0.05, 0.1) is 5.60 Å². The van der Waals surface area contributed by atoms with Crippen molar-refractivity contribution < 1.29 is 4.74 Å². The van der Waals surface area contributed by atoms with Crippen LogP contribution in [-0.2, 0) is 4.74 Å². The van der Waals surface area contributed by atoms with Gasteiger partial charge >= 0.3 is 0 Å². The van der Waals surface area contributed by atoms with Crippen LogP contribution in [0.2, 0.25) is 0 Å². The van der Waals surface area contributed by atoms with Gasteiger partial charge < -0.3 is 15.0 Å². The monoisotopic (exact) mass is 252 g/mol. The highest BCUT2D eigenvalue weighted by molar-refractivity contribution is 4.94. The number of likely N-dealkylation sites (N-methyl/N-ethyl adjacent to an activating group) is 1. The van der Waals surface area contributed by atoms with E-state index in [-0.39, 0.29) is 5.60 Å². The lowest BCUT2D eigenvalue weighted by Crippen LogP contribution is -2.50. The predicted molar refractivity (Wildman–Crippen MR) is 73.8 cm³/mol. The molecule has 0 aromatic rings. The lowest BCUT2D eigenvalue weighted by molar-refractivity contribution is -0.109. The van der Waals surface area contributed by atoms with Gasteiger partial charge in [0.15, 0.2) is 0 Å². The van der Waals surface area contributed by atoms with Crippen molar-refractivity contribution in [2.24, 2.45) is 0 Å². The molecule has 0 amide bonds. The zero-order valence-corrected chi connectivity index (χ0v) is 11.8. The zero-order valence-electron chi connectivity index (χ0n) is 11.8. The Labute approximate surface area is 111 Å². The molecule has 1 N–H and O–H groups in total. The summed E-state index contributed by atoms with van der Waals surface area (Å²) in [6.07, 6.45) is 10.6. The maximum Gasteiger partial charge on any atom is 0.0697 e. The van der Waals surface area contributed by atoms with Gasteiger partial charge in [0.2, 0.25) is 0 Å². The highest BCUT2D eigenvalue weighted by atomic mass is 16.5. The fourth-order valence-corrected chi connectivity index (χ4v) is 4.12. The number of ether oxygens (including phenoxy) is 1. The van der Waals surface area contributed by atoms with Gasteiger partial charge in [-0.3, -0.25) is 0 Å². The van der Waals surface area contributed by atoms with Crippen LogP contribution >= 0.6 is 0 Å². The number of nitrogens with one attached hydrogen (secondary N) is 1. The second-order valence-corrected chi connectivity index (χ2v) is 6.70. The van der Waals surface area contributed by atoms with E-state index in [1.165, 1.54) is 64.5 Å². The minimum Gasteiger partial charge on any atom is -0.375 e. The smallest absolute Gasteiger partial charge is 0.0697 e. The lowest BCUT2D eigenvalue weighted by Gasteiger charge is -2.44. The number of hydrogen-bond acceptors (Lipinski definition) is 3. The van der Waals surface area contributed by atoms with E-state index in [0.717, 1.165) is 12.6 Å². The van der Waals surface area contributed by atoms with Crippen LogP contribution in [0.5, 0.6) is 0 Å². The van der Waals surface area contributed by atoms with Crippen molar-refractivity contribution in [3.05, 3.63) is 0 Å². The van der Waals surface area contributed by atoms with Crippen molar-refractivity contribution in [1.82, 2.24) is 10.2 Å². The van der Waals surface area contributed by atoms with E-state index in [1.54, 1.807) is 0 Å². The number of nitrogens with zero attached hydrogens (tertiary/aromatic N) is 1. The van der Waals surface area contributed by atoms with Gasteiger partial charge in [-0.15, -0.1) is 0 Å². The van der Waals surface area contributed by atoms with Crippen LogP contribution in [0.4, 0.5) is 0 Å². The average Bonchev–Trinajstić information content (AvgIpc) is 2.76. The first-order chi connectivity index (χ1) is 8.76. The maximum absolute atomic E-state index is 6.17. The average molecular weight is 252 g/mol. The largest absolute Gasteiger partial charge is 0.375 e. The Bertz CT molecular complexity index is 270. The molecule has 2 unspecified atom stereocenters. The summed E-state index contributed by atoms with van der Waals surface area (Å²) in [4.78, 5) is 2.44. The topological polar surface area (TPSA) is 24.5 Å². The first-order valence-electron chi connectivity index (χ1n) is 7.84. The third kappa shape index (κ3) is 2.89. The van der Waals surface area contributed by atoms with Crippen molar-refractivity contribution >= 4 is 0 Å². The number of rotatable bonds is 2. The van der Waals surface area contributed by atoms with Crippen molar-refractivity contribution in [2.75, 3.05) is 26.7 Å². The maximum atomic E-state index is 6.17. The summed E-state index contributed by atoms with van der Waals surface area (Å²) in [6.45, 7) is 3.45. The van der Waals surface area contributed by atoms with Crippen LogP contribution in [-0.4, -0.2) is 49.3 Å². The second kappa shape index (κ2) is 5.48. The highest BCUT2D eigenvalue weighted by Crippen LogP contribution is 2.38. The molecule has 0 bridgehead atoms. The fourth-order valence-electron chi connectivity index (χ4n) is 4.12. The Morgan fingerprint density at radius 2 is 1.94 bits per heavy atom. The van der Waals surface area contributed by atoms with E-state index in [0.29, 0.717) is 6.04 Å². The molecule has 3 rings (SSSR count). The summed E-state index contributed by atoms with van der Waals surface area (Å²) in [5.74, 6) is 0. The first kappa shape index (κ1) is 12.9. The molecule has 0 aromatic heterocycles.